The lowest BCUT2D eigenvalue weighted by molar-refractivity contribution is 0.473. The molecule has 0 aliphatic rings. The Morgan fingerprint density at radius 3 is 1.71 bits per heavy atom. The third-order valence-corrected chi connectivity index (χ3v) is 0.774. The van der Waals surface area contributed by atoms with E-state index in [1.54, 1.807) is 4.72 Å². The van der Waals surface area contributed by atoms with Gasteiger partial charge in [0.25, 0.3) is 0 Å². The molecule has 0 bridgehead atoms. The summed E-state index contributed by atoms with van der Waals surface area (Å²) in [5, 5.41) is 0. The Balaban J connectivity index is 0. The van der Waals surface area contributed by atoms with Crippen molar-refractivity contribution in [3.8, 4) is 0 Å². The molecule has 0 unspecified atom stereocenters. The lowest BCUT2D eigenvalue weighted by atomic mass is 11.6. The Bertz CT molecular complexity index is 117. The van der Waals surface area contributed by atoms with E-state index in [0.29, 0.717) is 0 Å². The average Bonchev–Trinajstić information content (AvgIpc) is 1.35. The summed E-state index contributed by atoms with van der Waals surface area (Å²) in [5.74, 6) is 0. The SMILES string of the molecule is CNS(=O)(=O)O.Cl. The highest BCUT2D eigenvalue weighted by Crippen LogP contribution is 1.61. The van der Waals surface area contributed by atoms with Gasteiger partial charge in [-0.2, -0.15) is 13.1 Å². The van der Waals surface area contributed by atoms with Gasteiger partial charge in [-0.3, -0.25) is 4.55 Å². The molecule has 0 rings (SSSR count). The molecule has 0 aromatic rings. The zero-order valence-electron chi connectivity index (χ0n) is 3.58. The van der Waals surface area contributed by atoms with Crippen LogP contribution >= 0.6 is 12.4 Å². The summed E-state index contributed by atoms with van der Waals surface area (Å²) in [6.45, 7) is 0. The molecule has 0 amide bonds. The molecule has 0 saturated carbocycles. The van der Waals surface area contributed by atoms with Crippen LogP contribution in [0.4, 0.5) is 0 Å². The second kappa shape index (κ2) is 3.20. The normalized spacial score (nSPS) is 10.0. The molecule has 0 spiro atoms. The zero-order valence-corrected chi connectivity index (χ0v) is 5.21. The van der Waals surface area contributed by atoms with Gasteiger partial charge in [0.05, 0.1) is 0 Å². The molecule has 7 heavy (non-hydrogen) atoms. The Labute approximate surface area is 48.2 Å². The van der Waals surface area contributed by atoms with Crippen LogP contribution < -0.4 is 4.72 Å². The largest absolute Gasteiger partial charge is 0.333 e. The fourth-order valence-electron chi connectivity index (χ4n) is 0. The van der Waals surface area contributed by atoms with Gasteiger partial charge in [0.2, 0.25) is 0 Å². The second-order valence-corrected chi connectivity index (χ2v) is 2.04. The minimum atomic E-state index is -3.91. The summed E-state index contributed by atoms with van der Waals surface area (Å²) in [6.07, 6.45) is 0. The maximum atomic E-state index is 9.44. The Morgan fingerprint density at radius 1 is 1.57 bits per heavy atom. The van der Waals surface area contributed by atoms with Gasteiger partial charge < -0.3 is 0 Å². The van der Waals surface area contributed by atoms with Gasteiger partial charge >= 0.3 is 10.3 Å². The van der Waals surface area contributed by atoms with Crippen molar-refractivity contribution in [2.45, 2.75) is 0 Å². The monoisotopic (exact) mass is 147 g/mol. The van der Waals surface area contributed by atoms with Crippen molar-refractivity contribution >= 4 is 22.7 Å². The van der Waals surface area contributed by atoms with Crippen molar-refractivity contribution in [3.63, 3.8) is 0 Å². The number of nitrogens with one attached hydrogen (secondary N) is 1. The second-order valence-electron chi connectivity index (χ2n) is 0.679. The van der Waals surface area contributed by atoms with Crippen LogP contribution in [0.1, 0.15) is 0 Å². The summed E-state index contributed by atoms with van der Waals surface area (Å²) >= 11 is 0. The van der Waals surface area contributed by atoms with Gasteiger partial charge in [-0.05, 0) is 0 Å². The van der Waals surface area contributed by atoms with Gasteiger partial charge in [0, 0.05) is 7.05 Å². The molecule has 0 aliphatic carbocycles. The van der Waals surface area contributed by atoms with E-state index in [4.69, 9.17) is 4.55 Å². The number of hydrogen-bond donors (Lipinski definition) is 2. The third kappa shape index (κ3) is 10.7. The quantitative estimate of drug-likeness (QED) is 0.489. The fourth-order valence-corrected chi connectivity index (χ4v) is 0. The van der Waals surface area contributed by atoms with Gasteiger partial charge in [-0.25, -0.2) is 0 Å². The van der Waals surface area contributed by atoms with Crippen LogP contribution in [0, 0.1) is 0 Å². The molecule has 0 fully saturated rings. The molecule has 46 valence electrons. The molecular formula is CH6ClNO3S. The van der Waals surface area contributed by atoms with E-state index in [2.05, 4.69) is 0 Å². The van der Waals surface area contributed by atoms with Gasteiger partial charge in [0.1, 0.15) is 0 Å². The van der Waals surface area contributed by atoms with Crippen LogP contribution in [0.5, 0.6) is 0 Å². The van der Waals surface area contributed by atoms with Crippen molar-refractivity contribution in [1.82, 2.24) is 4.72 Å². The third-order valence-electron chi connectivity index (χ3n) is 0.258. The molecule has 2 N–H and O–H groups in total. The zero-order chi connectivity index (χ0) is 5.21. The first-order valence-corrected chi connectivity index (χ1v) is 2.66. The molecule has 4 nitrogen and oxygen atoms in total. The maximum Gasteiger partial charge on any atom is 0.333 e. The molecule has 0 saturated heterocycles. The average molecular weight is 148 g/mol. The first-order chi connectivity index (χ1) is 2.56. The molecule has 0 aliphatic heterocycles. The van der Waals surface area contributed by atoms with E-state index in [0.717, 1.165) is 7.05 Å². The minimum absolute atomic E-state index is 0. The van der Waals surface area contributed by atoms with Crippen molar-refractivity contribution in [2.24, 2.45) is 0 Å². The maximum absolute atomic E-state index is 9.44. The minimum Gasteiger partial charge on any atom is -0.273 e. The van der Waals surface area contributed by atoms with E-state index >= 15 is 0 Å². The molecule has 0 atom stereocenters. The summed E-state index contributed by atoms with van der Waals surface area (Å²) in [5.41, 5.74) is 0. The Hall–Kier alpha value is 0.160. The Kier molecular flexibility index (Phi) is 4.66. The summed E-state index contributed by atoms with van der Waals surface area (Å²) < 4.78 is 28.2. The van der Waals surface area contributed by atoms with Crippen molar-refractivity contribution in [1.29, 1.82) is 0 Å². The highest BCUT2D eigenvalue weighted by molar-refractivity contribution is 7.83. The van der Waals surface area contributed by atoms with Gasteiger partial charge in [0.15, 0.2) is 0 Å². The molecule has 0 aromatic heterocycles. The van der Waals surface area contributed by atoms with Crippen LogP contribution in [0.25, 0.3) is 0 Å². The van der Waals surface area contributed by atoms with E-state index in [1.807, 2.05) is 0 Å². The van der Waals surface area contributed by atoms with Crippen molar-refractivity contribution in [3.05, 3.63) is 0 Å². The van der Waals surface area contributed by atoms with Crippen LogP contribution in [-0.4, -0.2) is 20.0 Å². The first-order valence-electron chi connectivity index (χ1n) is 1.22. The van der Waals surface area contributed by atoms with Crippen LogP contribution in [0.15, 0.2) is 0 Å². The lowest BCUT2D eigenvalue weighted by Gasteiger charge is -1.83. The summed E-state index contributed by atoms with van der Waals surface area (Å²) in [4.78, 5) is 0. The lowest BCUT2D eigenvalue weighted by Crippen LogP contribution is -2.16. The summed E-state index contributed by atoms with van der Waals surface area (Å²) in [6, 6.07) is 0. The van der Waals surface area contributed by atoms with Crippen LogP contribution in [-0.2, 0) is 10.3 Å². The number of hydrogen-bond acceptors (Lipinski definition) is 2. The summed E-state index contributed by atoms with van der Waals surface area (Å²) in [7, 11) is -2.79. The van der Waals surface area contributed by atoms with E-state index in [-0.39, 0.29) is 12.4 Å². The smallest absolute Gasteiger partial charge is 0.273 e. The van der Waals surface area contributed by atoms with E-state index in [1.165, 1.54) is 0 Å². The number of rotatable bonds is 1. The van der Waals surface area contributed by atoms with E-state index < -0.39 is 10.3 Å². The van der Waals surface area contributed by atoms with E-state index in [9.17, 15) is 8.42 Å². The topological polar surface area (TPSA) is 66.4 Å². The number of halogens is 1. The Morgan fingerprint density at radius 2 is 1.71 bits per heavy atom. The molecule has 0 heterocycles. The fraction of sp³-hybridized carbons (Fsp3) is 1.00. The first kappa shape index (κ1) is 10.2. The standard InChI is InChI=1S/CH5NO3S.ClH/c1-2-6(3,4)5;/h2H,1H3,(H,3,4,5);1H. The highest BCUT2D eigenvalue weighted by Gasteiger charge is 1.91. The van der Waals surface area contributed by atoms with Crippen LogP contribution in [0.3, 0.4) is 0 Å². The molecule has 6 heteroatoms. The van der Waals surface area contributed by atoms with Crippen LogP contribution in [0.2, 0.25) is 0 Å². The van der Waals surface area contributed by atoms with Crippen molar-refractivity contribution < 1.29 is 13.0 Å². The van der Waals surface area contributed by atoms with Gasteiger partial charge in [-0.15, -0.1) is 12.4 Å². The highest BCUT2D eigenvalue weighted by atomic mass is 35.5. The predicted octanol–water partition coefficient (Wildman–Crippen LogP) is -0.570. The molecular weight excluding hydrogens is 142 g/mol. The molecule has 0 aromatic carbocycles. The molecule has 0 radical (unpaired) electrons. The van der Waals surface area contributed by atoms with Gasteiger partial charge in [-0.1, -0.05) is 0 Å². The van der Waals surface area contributed by atoms with Crippen molar-refractivity contribution in [2.75, 3.05) is 7.05 Å². The predicted molar refractivity (Wildman–Crippen MR) is 27.9 cm³/mol.